The van der Waals surface area contributed by atoms with Crippen LogP contribution >= 0.6 is 0 Å². The van der Waals surface area contributed by atoms with E-state index in [0.717, 1.165) is 22.3 Å². The summed E-state index contributed by atoms with van der Waals surface area (Å²) in [5.41, 5.74) is 6.42. The van der Waals surface area contributed by atoms with Gasteiger partial charge in [-0.25, -0.2) is 4.79 Å². The van der Waals surface area contributed by atoms with E-state index < -0.39 is 12.1 Å². The number of phenols is 1. The molecule has 2 N–H and O–H groups in total. The minimum atomic E-state index is -0.511. The molecule has 1 amide bonds. The summed E-state index contributed by atoms with van der Waals surface area (Å²) in [7, 11) is 3.18. The normalized spacial score (nSPS) is 12.8. The molecular formula is C31H29NO5. The predicted molar refractivity (Wildman–Crippen MR) is 142 cm³/mol. The quantitative estimate of drug-likeness (QED) is 0.303. The van der Waals surface area contributed by atoms with E-state index in [9.17, 15) is 9.90 Å². The van der Waals surface area contributed by atoms with Gasteiger partial charge >= 0.3 is 6.09 Å². The van der Waals surface area contributed by atoms with Crippen molar-refractivity contribution in [3.63, 3.8) is 0 Å². The number of aromatic hydroxyl groups is 1. The molecule has 1 aliphatic carbocycles. The Kier molecular flexibility index (Phi) is 6.99. The highest BCUT2D eigenvalue weighted by atomic mass is 16.5. The fraction of sp³-hybridized carbons (Fsp3) is 0.194. The van der Waals surface area contributed by atoms with Gasteiger partial charge in [-0.3, -0.25) is 0 Å². The Morgan fingerprint density at radius 1 is 0.865 bits per heavy atom. The lowest BCUT2D eigenvalue weighted by atomic mass is 9.97. The molecule has 0 radical (unpaired) electrons. The molecule has 0 aromatic heterocycles. The molecule has 6 heteroatoms. The van der Waals surface area contributed by atoms with Crippen LogP contribution in [0.2, 0.25) is 0 Å². The van der Waals surface area contributed by atoms with Crippen molar-refractivity contribution in [2.45, 2.75) is 18.4 Å². The average Bonchev–Trinajstić information content (AvgIpc) is 3.26. The molecule has 1 aliphatic rings. The Hall–Kier alpha value is -4.45. The molecule has 5 rings (SSSR count). The number of hydrogen-bond donors (Lipinski definition) is 2. The van der Waals surface area contributed by atoms with Gasteiger partial charge in [0.25, 0.3) is 0 Å². The summed E-state index contributed by atoms with van der Waals surface area (Å²) in [6.07, 6.45) is -0.0313. The molecule has 0 saturated carbocycles. The number of amides is 1. The number of phenolic OH excluding ortho intramolecular Hbond substituents is 1. The molecule has 4 aromatic rings. The molecule has 0 aliphatic heterocycles. The van der Waals surface area contributed by atoms with E-state index in [2.05, 4.69) is 29.6 Å². The van der Waals surface area contributed by atoms with Crippen LogP contribution in [0, 0.1) is 0 Å². The van der Waals surface area contributed by atoms with Crippen molar-refractivity contribution in [2.24, 2.45) is 0 Å². The van der Waals surface area contributed by atoms with Crippen LogP contribution in [-0.4, -0.2) is 32.0 Å². The number of fused-ring (bicyclic) bond motifs is 3. The second kappa shape index (κ2) is 10.7. The summed E-state index contributed by atoms with van der Waals surface area (Å²) >= 11 is 0. The molecule has 1 atom stereocenters. The Morgan fingerprint density at radius 3 is 2.14 bits per heavy atom. The summed E-state index contributed by atoms with van der Waals surface area (Å²) in [5.74, 6) is 1.42. The maximum absolute atomic E-state index is 13.1. The molecule has 0 fully saturated rings. The van der Waals surface area contributed by atoms with Crippen LogP contribution in [0.15, 0.2) is 91.0 Å². The van der Waals surface area contributed by atoms with E-state index >= 15 is 0 Å². The summed E-state index contributed by atoms with van der Waals surface area (Å²) < 4.78 is 16.8. The first-order chi connectivity index (χ1) is 18.1. The van der Waals surface area contributed by atoms with Crippen LogP contribution in [-0.2, 0) is 11.2 Å². The number of methoxy groups -OCH3 is 2. The number of benzene rings is 4. The molecule has 6 nitrogen and oxygen atoms in total. The Bertz CT molecular complexity index is 1350. The zero-order valence-electron chi connectivity index (χ0n) is 20.8. The number of carbonyl (C=O) groups is 1. The van der Waals surface area contributed by atoms with Gasteiger partial charge in [0.2, 0.25) is 0 Å². The van der Waals surface area contributed by atoms with E-state index in [0.29, 0.717) is 17.9 Å². The molecule has 0 bridgehead atoms. The van der Waals surface area contributed by atoms with Crippen LogP contribution in [0.4, 0.5) is 4.79 Å². The van der Waals surface area contributed by atoms with Gasteiger partial charge in [-0.2, -0.15) is 0 Å². The fourth-order valence-corrected chi connectivity index (χ4v) is 5.00. The highest BCUT2D eigenvalue weighted by Crippen LogP contribution is 2.44. The van der Waals surface area contributed by atoms with Gasteiger partial charge in [0.1, 0.15) is 23.9 Å². The minimum absolute atomic E-state index is 0.0239. The third-order valence-electron chi connectivity index (χ3n) is 6.83. The summed E-state index contributed by atoms with van der Waals surface area (Å²) in [4.78, 5) is 13.1. The third-order valence-corrected chi connectivity index (χ3v) is 6.83. The zero-order chi connectivity index (χ0) is 25.8. The van der Waals surface area contributed by atoms with Crippen molar-refractivity contribution in [2.75, 3.05) is 20.8 Å². The molecule has 188 valence electrons. The summed E-state index contributed by atoms with van der Waals surface area (Å²) in [5, 5.41) is 12.7. The van der Waals surface area contributed by atoms with Crippen LogP contribution in [0.5, 0.6) is 17.2 Å². The fourth-order valence-electron chi connectivity index (χ4n) is 5.00. The lowest BCUT2D eigenvalue weighted by molar-refractivity contribution is 0.139. The first-order valence-corrected chi connectivity index (χ1v) is 12.2. The first-order valence-electron chi connectivity index (χ1n) is 12.2. The van der Waals surface area contributed by atoms with Crippen molar-refractivity contribution in [3.05, 3.63) is 113 Å². The largest absolute Gasteiger partial charge is 0.508 e. The molecular weight excluding hydrogens is 466 g/mol. The van der Waals surface area contributed by atoms with Crippen LogP contribution in [0.1, 0.15) is 34.2 Å². The maximum Gasteiger partial charge on any atom is 0.407 e. The predicted octanol–water partition coefficient (Wildman–Crippen LogP) is 6.23. The van der Waals surface area contributed by atoms with Crippen molar-refractivity contribution < 1.29 is 24.1 Å². The molecule has 0 saturated heterocycles. The summed E-state index contributed by atoms with van der Waals surface area (Å²) in [6.45, 7) is 0.228. The lowest BCUT2D eigenvalue weighted by Crippen LogP contribution is -2.31. The Labute approximate surface area is 216 Å². The molecule has 4 aromatic carbocycles. The monoisotopic (exact) mass is 495 g/mol. The number of carbonyl (C=O) groups excluding carboxylic acids is 1. The highest BCUT2D eigenvalue weighted by Gasteiger charge is 2.29. The topological polar surface area (TPSA) is 77.0 Å². The highest BCUT2D eigenvalue weighted by molar-refractivity contribution is 5.79. The number of rotatable bonds is 8. The third kappa shape index (κ3) is 5.09. The SMILES string of the molecule is COc1ccc(C(Cc2ccc(O)cc2)NC(=O)OCC2c3ccccc3-c3ccccc32)c(OC)c1. The number of alkyl carbamates (subject to hydrolysis) is 1. The van der Waals surface area contributed by atoms with Gasteiger partial charge in [-0.15, -0.1) is 0 Å². The van der Waals surface area contributed by atoms with Gasteiger partial charge < -0.3 is 24.6 Å². The first kappa shape index (κ1) is 24.3. The van der Waals surface area contributed by atoms with E-state index in [1.54, 1.807) is 32.4 Å². The van der Waals surface area contributed by atoms with E-state index in [-0.39, 0.29) is 18.3 Å². The molecule has 37 heavy (non-hydrogen) atoms. The van der Waals surface area contributed by atoms with Crippen molar-refractivity contribution in [1.29, 1.82) is 0 Å². The number of ether oxygens (including phenoxy) is 3. The van der Waals surface area contributed by atoms with Crippen LogP contribution in [0.25, 0.3) is 11.1 Å². The maximum atomic E-state index is 13.1. The minimum Gasteiger partial charge on any atom is -0.508 e. The smallest absolute Gasteiger partial charge is 0.407 e. The van der Waals surface area contributed by atoms with Crippen LogP contribution in [0.3, 0.4) is 0 Å². The second-order valence-electron chi connectivity index (χ2n) is 9.00. The average molecular weight is 496 g/mol. The van der Waals surface area contributed by atoms with Gasteiger partial charge in [-0.1, -0.05) is 60.7 Å². The number of hydrogen-bond acceptors (Lipinski definition) is 5. The lowest BCUT2D eigenvalue weighted by Gasteiger charge is -2.23. The molecule has 0 heterocycles. The van der Waals surface area contributed by atoms with E-state index in [1.165, 1.54) is 11.1 Å². The van der Waals surface area contributed by atoms with Crippen molar-refractivity contribution in [3.8, 4) is 28.4 Å². The molecule has 0 spiro atoms. The van der Waals surface area contributed by atoms with E-state index in [1.807, 2.05) is 48.5 Å². The van der Waals surface area contributed by atoms with Gasteiger partial charge in [0, 0.05) is 17.5 Å². The zero-order valence-corrected chi connectivity index (χ0v) is 20.8. The van der Waals surface area contributed by atoms with Gasteiger partial charge in [-0.05, 0) is 58.5 Å². The van der Waals surface area contributed by atoms with Crippen LogP contribution < -0.4 is 14.8 Å². The standard InChI is InChI=1S/C31H29NO5/c1-35-22-15-16-27(30(18-22)36-2)29(17-20-11-13-21(33)14-12-20)32-31(34)37-19-28-25-9-5-3-7-23(25)24-8-4-6-10-26(24)28/h3-16,18,28-29,33H,17,19H2,1-2H3,(H,32,34). The van der Waals surface area contributed by atoms with Gasteiger partial charge in [0.15, 0.2) is 0 Å². The Morgan fingerprint density at radius 2 is 1.51 bits per heavy atom. The second-order valence-corrected chi connectivity index (χ2v) is 9.00. The van der Waals surface area contributed by atoms with Crippen molar-refractivity contribution >= 4 is 6.09 Å². The molecule has 1 unspecified atom stereocenters. The van der Waals surface area contributed by atoms with E-state index in [4.69, 9.17) is 14.2 Å². The van der Waals surface area contributed by atoms with Gasteiger partial charge in [0.05, 0.1) is 20.3 Å². The Balaban J connectivity index is 1.36. The summed E-state index contributed by atoms with van der Waals surface area (Å²) in [6, 6.07) is 28.5. The van der Waals surface area contributed by atoms with Crippen molar-refractivity contribution in [1.82, 2.24) is 5.32 Å². The number of nitrogens with one attached hydrogen (secondary N) is 1.